The minimum absolute atomic E-state index is 0.833. The zero-order chi connectivity index (χ0) is 13.5. The van der Waals surface area contributed by atoms with E-state index in [1.54, 1.807) is 0 Å². The maximum absolute atomic E-state index is 9.00. The topological polar surface area (TPSA) is 37.3 Å². The number of aliphatic carboxylic acids is 1. The molecule has 0 aliphatic rings. The molecule has 2 nitrogen and oxygen atoms in total. The van der Waals surface area contributed by atoms with Gasteiger partial charge in [-0.2, -0.15) is 0 Å². The summed E-state index contributed by atoms with van der Waals surface area (Å²) in [7, 11) is -1.23. The molecule has 1 aromatic rings. The molecule has 0 aliphatic carbocycles. The van der Waals surface area contributed by atoms with Gasteiger partial charge in [0, 0.05) is 17.4 Å². The standard InChI is InChI=1S/C11H14SSi.C2H4O2/c1-13(2,3)9-8-10-4-6-11(12)7-5-10;1-2(3)4/h4-7,12H,1-3H3;1H3,(H,3,4). The second-order valence-corrected chi connectivity index (χ2v) is 9.83. The van der Waals surface area contributed by atoms with Crippen LogP contribution in [0.15, 0.2) is 29.2 Å². The Kier molecular flexibility index (Phi) is 6.70. The quantitative estimate of drug-likeness (QED) is 0.429. The average Bonchev–Trinajstić information content (AvgIpc) is 2.15. The second-order valence-electron chi connectivity index (χ2n) is 4.57. The minimum Gasteiger partial charge on any atom is -0.481 e. The first-order chi connectivity index (χ1) is 7.70. The number of benzene rings is 1. The summed E-state index contributed by atoms with van der Waals surface area (Å²) in [5.74, 6) is 2.36. The van der Waals surface area contributed by atoms with E-state index in [2.05, 4.69) is 43.7 Å². The van der Waals surface area contributed by atoms with Crippen LogP contribution in [0.5, 0.6) is 0 Å². The Balaban J connectivity index is 0.000000557. The third kappa shape index (κ3) is 11.1. The Hall–Kier alpha value is -1.18. The van der Waals surface area contributed by atoms with E-state index in [0.29, 0.717) is 0 Å². The predicted molar refractivity (Wildman–Crippen MR) is 77.2 cm³/mol. The van der Waals surface area contributed by atoms with Crippen molar-refractivity contribution in [3.8, 4) is 11.5 Å². The summed E-state index contributed by atoms with van der Waals surface area (Å²) in [6, 6.07) is 7.96. The molecule has 0 bridgehead atoms. The van der Waals surface area contributed by atoms with Crippen LogP contribution in [0.2, 0.25) is 19.6 Å². The number of hydrogen-bond acceptors (Lipinski definition) is 2. The Bertz CT molecular complexity index is 417. The van der Waals surface area contributed by atoms with Crippen molar-refractivity contribution in [2.45, 2.75) is 31.5 Å². The highest BCUT2D eigenvalue weighted by atomic mass is 32.1. The zero-order valence-electron chi connectivity index (χ0n) is 10.6. The first-order valence-electron chi connectivity index (χ1n) is 5.22. The third-order valence-corrected chi connectivity index (χ3v) is 2.62. The van der Waals surface area contributed by atoms with Crippen molar-refractivity contribution >= 4 is 26.7 Å². The van der Waals surface area contributed by atoms with Crippen LogP contribution in [-0.4, -0.2) is 19.1 Å². The molecular weight excluding hydrogens is 248 g/mol. The van der Waals surface area contributed by atoms with Crippen LogP contribution in [0.4, 0.5) is 0 Å². The van der Waals surface area contributed by atoms with Crippen LogP contribution in [0.1, 0.15) is 12.5 Å². The van der Waals surface area contributed by atoms with Gasteiger partial charge in [-0.1, -0.05) is 25.6 Å². The van der Waals surface area contributed by atoms with Gasteiger partial charge in [-0.15, -0.1) is 18.2 Å². The summed E-state index contributed by atoms with van der Waals surface area (Å²) in [6.45, 7) is 7.81. The van der Waals surface area contributed by atoms with E-state index in [9.17, 15) is 0 Å². The molecule has 0 atom stereocenters. The van der Waals surface area contributed by atoms with Gasteiger partial charge in [0.25, 0.3) is 5.97 Å². The monoisotopic (exact) mass is 266 g/mol. The smallest absolute Gasteiger partial charge is 0.300 e. The second kappa shape index (κ2) is 7.20. The molecular formula is C13H18O2SSi. The van der Waals surface area contributed by atoms with E-state index in [0.717, 1.165) is 17.4 Å². The molecule has 0 saturated heterocycles. The summed E-state index contributed by atoms with van der Waals surface area (Å²) in [4.78, 5) is 9.98. The molecule has 0 saturated carbocycles. The van der Waals surface area contributed by atoms with Gasteiger partial charge in [-0.25, -0.2) is 0 Å². The molecule has 0 unspecified atom stereocenters. The van der Waals surface area contributed by atoms with Crippen LogP contribution >= 0.6 is 12.6 Å². The molecule has 0 amide bonds. The normalized spacial score (nSPS) is 9.47. The lowest BCUT2D eigenvalue weighted by Gasteiger charge is -2.03. The van der Waals surface area contributed by atoms with E-state index in [1.807, 2.05) is 24.3 Å². The number of carboxylic acid groups (broad SMARTS) is 1. The summed E-state index contributed by atoms with van der Waals surface area (Å²) < 4.78 is 0. The number of thiol groups is 1. The van der Waals surface area contributed by atoms with Gasteiger partial charge in [-0.05, 0) is 24.3 Å². The highest BCUT2D eigenvalue weighted by Crippen LogP contribution is 2.07. The lowest BCUT2D eigenvalue weighted by Crippen LogP contribution is -2.16. The Morgan fingerprint density at radius 1 is 1.24 bits per heavy atom. The van der Waals surface area contributed by atoms with Crippen molar-refractivity contribution in [2.24, 2.45) is 0 Å². The fourth-order valence-electron chi connectivity index (χ4n) is 0.804. The Morgan fingerprint density at radius 3 is 2.00 bits per heavy atom. The van der Waals surface area contributed by atoms with E-state index in [-0.39, 0.29) is 0 Å². The van der Waals surface area contributed by atoms with Crippen LogP contribution in [0, 0.1) is 11.5 Å². The molecule has 1 aromatic carbocycles. The number of carbonyl (C=O) groups is 1. The van der Waals surface area contributed by atoms with Crippen molar-refractivity contribution in [1.82, 2.24) is 0 Å². The van der Waals surface area contributed by atoms with Gasteiger partial charge in [0.2, 0.25) is 0 Å². The molecule has 0 heterocycles. The first kappa shape index (κ1) is 15.8. The SMILES string of the molecule is CC(=O)O.C[Si](C)(C)C#Cc1ccc(S)cc1. The van der Waals surface area contributed by atoms with Gasteiger partial charge in [0.1, 0.15) is 8.07 Å². The Labute approximate surface area is 109 Å². The third-order valence-electron chi connectivity index (χ3n) is 1.45. The van der Waals surface area contributed by atoms with Crippen molar-refractivity contribution in [1.29, 1.82) is 0 Å². The highest BCUT2D eigenvalue weighted by molar-refractivity contribution is 7.80. The predicted octanol–water partition coefficient (Wildman–Crippen LogP) is 3.30. The van der Waals surface area contributed by atoms with Crippen molar-refractivity contribution in [3.63, 3.8) is 0 Å². The summed E-state index contributed by atoms with van der Waals surface area (Å²) >= 11 is 4.22. The zero-order valence-corrected chi connectivity index (χ0v) is 12.5. The van der Waals surface area contributed by atoms with Crippen molar-refractivity contribution in [2.75, 3.05) is 0 Å². The largest absolute Gasteiger partial charge is 0.481 e. The van der Waals surface area contributed by atoms with Gasteiger partial charge < -0.3 is 5.11 Å². The molecule has 1 rings (SSSR count). The lowest BCUT2D eigenvalue weighted by atomic mass is 10.2. The molecule has 17 heavy (non-hydrogen) atoms. The molecule has 4 heteroatoms. The van der Waals surface area contributed by atoms with Gasteiger partial charge in [-0.3, -0.25) is 4.79 Å². The first-order valence-corrected chi connectivity index (χ1v) is 9.17. The molecule has 1 N–H and O–H groups in total. The number of carboxylic acids is 1. The van der Waals surface area contributed by atoms with Crippen molar-refractivity contribution < 1.29 is 9.90 Å². The Morgan fingerprint density at radius 2 is 1.65 bits per heavy atom. The molecule has 0 radical (unpaired) electrons. The maximum Gasteiger partial charge on any atom is 0.300 e. The van der Waals surface area contributed by atoms with Crippen LogP contribution < -0.4 is 0 Å². The van der Waals surface area contributed by atoms with Gasteiger partial charge >= 0.3 is 0 Å². The fraction of sp³-hybridized carbons (Fsp3) is 0.308. The lowest BCUT2D eigenvalue weighted by molar-refractivity contribution is -0.134. The van der Waals surface area contributed by atoms with E-state index in [4.69, 9.17) is 9.90 Å². The van der Waals surface area contributed by atoms with E-state index in [1.165, 1.54) is 0 Å². The molecule has 0 aromatic heterocycles. The fourth-order valence-corrected chi connectivity index (χ4v) is 1.47. The highest BCUT2D eigenvalue weighted by Gasteiger charge is 2.07. The van der Waals surface area contributed by atoms with Crippen LogP contribution in [-0.2, 0) is 4.79 Å². The van der Waals surface area contributed by atoms with Gasteiger partial charge in [0.15, 0.2) is 0 Å². The summed E-state index contributed by atoms with van der Waals surface area (Å²) in [6.07, 6.45) is 0. The number of hydrogen-bond donors (Lipinski definition) is 2. The van der Waals surface area contributed by atoms with E-state index < -0.39 is 14.0 Å². The minimum atomic E-state index is -1.23. The van der Waals surface area contributed by atoms with Gasteiger partial charge in [0.05, 0.1) is 0 Å². The van der Waals surface area contributed by atoms with E-state index >= 15 is 0 Å². The molecule has 0 fully saturated rings. The average molecular weight is 266 g/mol. The van der Waals surface area contributed by atoms with Crippen molar-refractivity contribution in [3.05, 3.63) is 29.8 Å². The number of rotatable bonds is 0. The summed E-state index contributed by atoms with van der Waals surface area (Å²) in [5, 5.41) is 7.42. The van der Waals surface area contributed by atoms with Crippen LogP contribution in [0.3, 0.4) is 0 Å². The molecule has 0 spiro atoms. The van der Waals surface area contributed by atoms with Crippen LogP contribution in [0.25, 0.3) is 0 Å². The maximum atomic E-state index is 9.00. The molecule has 92 valence electrons. The summed E-state index contributed by atoms with van der Waals surface area (Å²) in [5.41, 5.74) is 4.41. The molecule has 0 aliphatic heterocycles.